The predicted octanol–water partition coefficient (Wildman–Crippen LogP) is 4.24. The summed E-state index contributed by atoms with van der Waals surface area (Å²) in [5, 5.41) is 0.508. The largest absolute Gasteiger partial charge is 0.462 e. The van der Waals surface area contributed by atoms with Gasteiger partial charge >= 0.3 is 5.97 Å². The van der Waals surface area contributed by atoms with Gasteiger partial charge in [0.2, 0.25) is 0 Å². The van der Waals surface area contributed by atoms with Crippen molar-refractivity contribution in [2.45, 2.75) is 13.8 Å². The van der Waals surface area contributed by atoms with E-state index in [0.717, 1.165) is 20.5 Å². The molecular weight excluding hydrogens is 326 g/mol. The molecule has 0 radical (unpaired) electrons. The maximum absolute atomic E-state index is 12.0. The van der Waals surface area contributed by atoms with Gasteiger partial charge in [0.1, 0.15) is 10.6 Å². The van der Waals surface area contributed by atoms with Crippen LogP contribution < -0.4 is 5.73 Å². The number of nitrogens with two attached hydrogens (primary N) is 1. The van der Waals surface area contributed by atoms with Crippen LogP contribution in [0.2, 0.25) is 0 Å². The maximum atomic E-state index is 12.0. The number of halogens is 1. The van der Waals surface area contributed by atoms with Crippen molar-refractivity contribution in [1.82, 2.24) is 0 Å². The summed E-state index contributed by atoms with van der Waals surface area (Å²) < 4.78 is 6.08. The lowest BCUT2D eigenvalue weighted by Gasteiger charge is -2.06. The molecule has 0 amide bonds. The molecule has 0 unspecified atom stereocenters. The third-order valence-corrected chi connectivity index (χ3v) is 4.19. The average molecular weight is 340 g/mol. The lowest BCUT2D eigenvalue weighted by atomic mass is 10.0. The van der Waals surface area contributed by atoms with Crippen LogP contribution in [0.15, 0.2) is 28.7 Å². The molecule has 1 aromatic heterocycles. The number of carbonyl (C=O) groups excluding carboxylic acids is 1. The second-order valence-corrected chi connectivity index (χ2v) is 6.17. The summed E-state index contributed by atoms with van der Waals surface area (Å²) in [4.78, 5) is 13.1. The summed E-state index contributed by atoms with van der Waals surface area (Å²) in [7, 11) is 0. The van der Waals surface area contributed by atoms with Crippen LogP contribution in [-0.2, 0) is 4.74 Å². The molecule has 0 aliphatic carbocycles. The Morgan fingerprint density at radius 2 is 2.00 bits per heavy atom. The molecule has 2 rings (SSSR count). The van der Waals surface area contributed by atoms with Crippen molar-refractivity contribution in [2.75, 3.05) is 12.3 Å². The minimum atomic E-state index is -0.359. The van der Waals surface area contributed by atoms with E-state index in [1.54, 1.807) is 6.92 Å². The van der Waals surface area contributed by atoms with E-state index < -0.39 is 0 Å². The zero-order chi connectivity index (χ0) is 14.0. The molecule has 0 saturated carbocycles. The predicted molar refractivity (Wildman–Crippen MR) is 82.6 cm³/mol. The number of rotatable bonds is 3. The van der Waals surface area contributed by atoms with Crippen LogP contribution in [0.3, 0.4) is 0 Å². The molecule has 0 fully saturated rings. The summed E-state index contributed by atoms with van der Waals surface area (Å²) >= 11 is 4.81. The van der Waals surface area contributed by atoms with Gasteiger partial charge in [0, 0.05) is 14.9 Å². The number of anilines is 1. The molecule has 1 heterocycles. The second kappa shape index (κ2) is 5.75. The summed E-state index contributed by atoms with van der Waals surface area (Å²) in [6.45, 7) is 4.08. The van der Waals surface area contributed by atoms with Gasteiger partial charge in [-0.05, 0) is 31.5 Å². The number of hydrogen-bond acceptors (Lipinski definition) is 4. The minimum absolute atomic E-state index is 0.340. The zero-order valence-corrected chi connectivity index (χ0v) is 13.1. The van der Waals surface area contributed by atoms with Crippen molar-refractivity contribution < 1.29 is 9.53 Å². The summed E-state index contributed by atoms with van der Waals surface area (Å²) in [6, 6.07) is 7.80. The smallest absolute Gasteiger partial charge is 0.341 e. The molecule has 5 heteroatoms. The fourth-order valence-corrected chi connectivity index (χ4v) is 3.14. The number of benzene rings is 1. The van der Waals surface area contributed by atoms with Crippen LogP contribution in [0.1, 0.15) is 22.2 Å². The molecule has 2 aromatic rings. The van der Waals surface area contributed by atoms with Crippen molar-refractivity contribution in [2.24, 2.45) is 0 Å². The van der Waals surface area contributed by atoms with Crippen molar-refractivity contribution >= 4 is 38.2 Å². The van der Waals surface area contributed by atoms with Crippen LogP contribution in [0.5, 0.6) is 0 Å². The number of esters is 1. The number of thiophene rings is 1. The van der Waals surface area contributed by atoms with Gasteiger partial charge in [-0.3, -0.25) is 0 Å². The molecule has 0 spiro atoms. The molecule has 19 heavy (non-hydrogen) atoms. The first-order valence-corrected chi connectivity index (χ1v) is 7.47. The summed E-state index contributed by atoms with van der Waals surface area (Å²) in [6.07, 6.45) is 0. The van der Waals surface area contributed by atoms with Crippen molar-refractivity contribution in [3.63, 3.8) is 0 Å². The molecule has 1 aromatic carbocycles. The molecule has 0 aliphatic heterocycles. The number of hydrogen-bond donors (Lipinski definition) is 1. The third-order valence-electron chi connectivity index (χ3n) is 2.72. The van der Waals surface area contributed by atoms with Crippen LogP contribution in [-0.4, -0.2) is 12.6 Å². The average Bonchev–Trinajstić information content (AvgIpc) is 2.65. The van der Waals surface area contributed by atoms with Crippen molar-refractivity contribution in [3.05, 3.63) is 39.2 Å². The Balaban J connectivity index is 2.56. The Morgan fingerprint density at radius 1 is 1.37 bits per heavy atom. The second-order valence-electron chi connectivity index (χ2n) is 4.00. The number of carbonyl (C=O) groups is 1. The van der Waals surface area contributed by atoms with Crippen molar-refractivity contribution in [1.29, 1.82) is 0 Å². The van der Waals surface area contributed by atoms with Gasteiger partial charge in [-0.1, -0.05) is 28.1 Å². The van der Waals surface area contributed by atoms with E-state index in [2.05, 4.69) is 15.9 Å². The highest BCUT2D eigenvalue weighted by Crippen LogP contribution is 2.38. The third kappa shape index (κ3) is 2.82. The first-order valence-electron chi connectivity index (χ1n) is 5.86. The van der Waals surface area contributed by atoms with Gasteiger partial charge in [0.25, 0.3) is 0 Å². The van der Waals surface area contributed by atoms with E-state index in [4.69, 9.17) is 10.5 Å². The summed E-state index contributed by atoms with van der Waals surface area (Å²) in [5.41, 5.74) is 8.27. The standard InChI is InChI=1S/C14H14BrNO2S/c1-3-18-14(17)12-11(8(2)19-13(12)16)9-4-6-10(15)7-5-9/h4-7H,3,16H2,1-2H3. The fraction of sp³-hybridized carbons (Fsp3) is 0.214. The van der Waals surface area contributed by atoms with Gasteiger partial charge < -0.3 is 10.5 Å². The van der Waals surface area contributed by atoms with Crippen molar-refractivity contribution in [3.8, 4) is 11.1 Å². The monoisotopic (exact) mass is 339 g/mol. The van der Waals surface area contributed by atoms with Gasteiger partial charge in [0.05, 0.1) is 6.61 Å². The highest BCUT2D eigenvalue weighted by atomic mass is 79.9. The van der Waals surface area contributed by atoms with Crippen LogP contribution in [0, 0.1) is 6.92 Å². The van der Waals surface area contributed by atoms with Crippen LogP contribution in [0.4, 0.5) is 5.00 Å². The SMILES string of the molecule is CCOC(=O)c1c(N)sc(C)c1-c1ccc(Br)cc1. The number of aryl methyl sites for hydroxylation is 1. The molecule has 100 valence electrons. The zero-order valence-electron chi connectivity index (χ0n) is 10.7. The van der Waals surface area contributed by atoms with E-state index in [-0.39, 0.29) is 5.97 Å². The molecule has 0 atom stereocenters. The van der Waals surface area contributed by atoms with Gasteiger partial charge in [0.15, 0.2) is 0 Å². The molecule has 0 bridgehead atoms. The highest BCUT2D eigenvalue weighted by molar-refractivity contribution is 9.10. The lowest BCUT2D eigenvalue weighted by molar-refractivity contribution is 0.0529. The van der Waals surface area contributed by atoms with Crippen LogP contribution in [0.25, 0.3) is 11.1 Å². The lowest BCUT2D eigenvalue weighted by Crippen LogP contribution is -2.07. The molecule has 2 N–H and O–H groups in total. The quantitative estimate of drug-likeness (QED) is 0.850. The highest BCUT2D eigenvalue weighted by Gasteiger charge is 2.22. The van der Waals surface area contributed by atoms with Gasteiger partial charge in [-0.25, -0.2) is 4.79 Å². The Morgan fingerprint density at radius 3 is 2.58 bits per heavy atom. The first-order chi connectivity index (χ1) is 9.04. The Hall–Kier alpha value is -1.33. The van der Waals surface area contributed by atoms with E-state index >= 15 is 0 Å². The molecule has 3 nitrogen and oxygen atoms in total. The van der Waals surface area contributed by atoms with E-state index in [0.29, 0.717) is 17.2 Å². The van der Waals surface area contributed by atoms with E-state index in [1.807, 2.05) is 31.2 Å². The van der Waals surface area contributed by atoms with E-state index in [1.165, 1.54) is 11.3 Å². The number of ether oxygens (including phenoxy) is 1. The summed E-state index contributed by atoms with van der Waals surface area (Å²) in [5.74, 6) is -0.359. The van der Waals surface area contributed by atoms with Crippen LogP contribution >= 0.6 is 27.3 Å². The fourth-order valence-electron chi connectivity index (χ4n) is 1.94. The van der Waals surface area contributed by atoms with Gasteiger partial charge in [-0.15, -0.1) is 11.3 Å². The topological polar surface area (TPSA) is 52.3 Å². The number of nitrogen functional groups attached to an aromatic ring is 1. The normalized spacial score (nSPS) is 10.5. The van der Waals surface area contributed by atoms with Gasteiger partial charge in [-0.2, -0.15) is 0 Å². The Kier molecular flexibility index (Phi) is 4.27. The molecule has 0 aliphatic rings. The minimum Gasteiger partial charge on any atom is -0.462 e. The molecule has 0 saturated heterocycles. The maximum Gasteiger partial charge on any atom is 0.341 e. The Labute approximate surface area is 124 Å². The first kappa shape index (κ1) is 14.1. The van der Waals surface area contributed by atoms with E-state index in [9.17, 15) is 4.79 Å². The molecular formula is C14H14BrNO2S. The Bertz CT molecular complexity index is 605.